The number of rotatable bonds is 2. The van der Waals surface area contributed by atoms with Crippen molar-refractivity contribution in [2.24, 2.45) is 0 Å². The third-order valence-electron chi connectivity index (χ3n) is 4.12. The predicted octanol–water partition coefficient (Wildman–Crippen LogP) is 2.92. The number of aromatic nitrogens is 2. The summed E-state index contributed by atoms with van der Waals surface area (Å²) in [6, 6.07) is 14.6. The molecule has 0 radical (unpaired) electrons. The van der Waals surface area contributed by atoms with E-state index in [1.807, 2.05) is 37.3 Å². The summed E-state index contributed by atoms with van der Waals surface area (Å²) in [6.07, 6.45) is 0. The lowest BCUT2D eigenvalue weighted by molar-refractivity contribution is 0.0955. The number of amides is 1. The van der Waals surface area contributed by atoms with Gasteiger partial charge in [-0.2, -0.15) is 5.10 Å². The number of nitrogens with one attached hydrogen (secondary N) is 2. The Bertz CT molecular complexity index is 897. The van der Waals surface area contributed by atoms with Crippen molar-refractivity contribution < 1.29 is 9.90 Å². The molecule has 1 aliphatic rings. The Morgan fingerprint density at radius 1 is 1.13 bits per heavy atom. The van der Waals surface area contributed by atoms with Crippen molar-refractivity contribution >= 4 is 5.91 Å². The van der Waals surface area contributed by atoms with Gasteiger partial charge in [-0.3, -0.25) is 9.89 Å². The van der Waals surface area contributed by atoms with Gasteiger partial charge in [-0.05, 0) is 24.6 Å². The Kier molecular flexibility index (Phi) is 2.94. The van der Waals surface area contributed by atoms with Gasteiger partial charge in [-0.25, -0.2) is 0 Å². The van der Waals surface area contributed by atoms with E-state index in [2.05, 4.69) is 15.5 Å². The van der Waals surface area contributed by atoms with Crippen molar-refractivity contribution in [2.45, 2.75) is 13.0 Å². The third kappa shape index (κ3) is 2.17. The lowest BCUT2D eigenvalue weighted by Gasteiger charge is -2.13. The van der Waals surface area contributed by atoms with Crippen LogP contribution in [0.2, 0.25) is 0 Å². The van der Waals surface area contributed by atoms with Gasteiger partial charge in [0.1, 0.15) is 11.4 Å². The number of hydrogen-bond donors (Lipinski definition) is 3. The van der Waals surface area contributed by atoms with Crippen LogP contribution < -0.4 is 5.32 Å². The zero-order chi connectivity index (χ0) is 16.0. The molecule has 5 heteroatoms. The highest BCUT2D eigenvalue weighted by molar-refractivity contribution is 6.00. The SMILES string of the molecule is Cc1ccc(-c2n[nH]c3c2C(c2cccc(O)c2)NC3=O)cc1. The smallest absolute Gasteiger partial charge is 0.270 e. The number of nitrogens with zero attached hydrogens (tertiary/aromatic N) is 1. The molecule has 4 rings (SSSR count). The average molecular weight is 305 g/mol. The van der Waals surface area contributed by atoms with E-state index < -0.39 is 0 Å². The predicted molar refractivity (Wildman–Crippen MR) is 86.2 cm³/mol. The van der Waals surface area contributed by atoms with Crippen LogP contribution in [-0.2, 0) is 0 Å². The fraction of sp³-hybridized carbons (Fsp3) is 0.111. The molecule has 0 fully saturated rings. The molecule has 0 spiro atoms. The number of H-pyrrole nitrogens is 1. The molecule has 114 valence electrons. The largest absolute Gasteiger partial charge is 0.508 e. The first kappa shape index (κ1) is 13.6. The van der Waals surface area contributed by atoms with Crippen LogP contribution in [0.5, 0.6) is 5.75 Å². The summed E-state index contributed by atoms with van der Waals surface area (Å²) < 4.78 is 0. The average Bonchev–Trinajstić information content (AvgIpc) is 3.10. The van der Waals surface area contributed by atoms with Crippen LogP contribution in [0, 0.1) is 6.92 Å². The first-order valence-electron chi connectivity index (χ1n) is 7.38. The third-order valence-corrected chi connectivity index (χ3v) is 4.12. The monoisotopic (exact) mass is 305 g/mol. The molecule has 1 unspecified atom stereocenters. The Hall–Kier alpha value is -3.08. The minimum atomic E-state index is -0.320. The fourth-order valence-electron chi connectivity index (χ4n) is 2.97. The van der Waals surface area contributed by atoms with Crippen molar-refractivity contribution in [1.82, 2.24) is 15.5 Å². The summed E-state index contributed by atoms with van der Waals surface area (Å²) in [5.41, 5.74) is 5.01. The maximum absolute atomic E-state index is 12.2. The Morgan fingerprint density at radius 3 is 2.65 bits per heavy atom. The first-order chi connectivity index (χ1) is 11.1. The van der Waals surface area contributed by atoms with E-state index in [4.69, 9.17) is 0 Å². The van der Waals surface area contributed by atoms with Gasteiger partial charge in [-0.1, -0.05) is 42.0 Å². The number of carbonyl (C=O) groups is 1. The van der Waals surface area contributed by atoms with E-state index in [0.717, 1.165) is 22.4 Å². The second kappa shape index (κ2) is 4.98. The number of aromatic amines is 1. The van der Waals surface area contributed by atoms with Crippen LogP contribution in [0.3, 0.4) is 0 Å². The molecule has 0 bridgehead atoms. The zero-order valence-corrected chi connectivity index (χ0v) is 12.5. The van der Waals surface area contributed by atoms with Crippen LogP contribution in [0.4, 0.5) is 0 Å². The minimum absolute atomic E-state index is 0.172. The highest BCUT2D eigenvalue weighted by Gasteiger charge is 2.35. The van der Waals surface area contributed by atoms with Gasteiger partial charge in [-0.15, -0.1) is 0 Å². The number of fused-ring (bicyclic) bond motifs is 1. The van der Waals surface area contributed by atoms with Crippen LogP contribution in [0.25, 0.3) is 11.3 Å². The molecule has 0 saturated carbocycles. The molecule has 3 aromatic rings. The molecule has 5 nitrogen and oxygen atoms in total. The maximum Gasteiger partial charge on any atom is 0.270 e. The highest BCUT2D eigenvalue weighted by Crippen LogP contribution is 2.37. The van der Waals surface area contributed by atoms with E-state index in [1.165, 1.54) is 5.56 Å². The quantitative estimate of drug-likeness (QED) is 0.681. The van der Waals surface area contributed by atoms with Crippen LogP contribution in [0.1, 0.15) is 33.2 Å². The number of aryl methyl sites for hydroxylation is 1. The number of aromatic hydroxyl groups is 1. The molecular formula is C18H15N3O2. The van der Waals surface area contributed by atoms with Crippen molar-refractivity contribution in [3.63, 3.8) is 0 Å². The summed E-state index contributed by atoms with van der Waals surface area (Å²) in [5.74, 6) is -0.00946. The van der Waals surface area contributed by atoms with Gasteiger partial charge < -0.3 is 10.4 Å². The minimum Gasteiger partial charge on any atom is -0.508 e. The van der Waals surface area contributed by atoms with Gasteiger partial charge in [0.25, 0.3) is 5.91 Å². The van der Waals surface area contributed by atoms with Gasteiger partial charge in [0, 0.05) is 11.1 Å². The van der Waals surface area contributed by atoms with Gasteiger partial charge in [0.2, 0.25) is 0 Å². The molecule has 3 N–H and O–H groups in total. The fourth-order valence-corrected chi connectivity index (χ4v) is 2.97. The second-order valence-corrected chi connectivity index (χ2v) is 5.73. The molecule has 0 aliphatic carbocycles. The summed E-state index contributed by atoms with van der Waals surface area (Å²) in [5, 5.41) is 19.8. The van der Waals surface area contributed by atoms with Crippen molar-refractivity contribution in [2.75, 3.05) is 0 Å². The molecule has 1 atom stereocenters. The number of phenols is 1. The Labute approximate surface area is 133 Å². The van der Waals surface area contributed by atoms with Crippen molar-refractivity contribution in [3.8, 4) is 17.0 Å². The standard InChI is InChI=1S/C18H15N3O2/c1-10-5-7-11(8-6-10)16-14-15(12-3-2-4-13(22)9-12)19-18(23)17(14)21-20-16/h2-9,15,22H,1H3,(H,19,23)(H,20,21). The van der Waals surface area contributed by atoms with Crippen LogP contribution in [0.15, 0.2) is 48.5 Å². The molecule has 23 heavy (non-hydrogen) atoms. The molecule has 2 heterocycles. The summed E-state index contributed by atoms with van der Waals surface area (Å²) in [6.45, 7) is 2.03. The lowest BCUT2D eigenvalue weighted by atomic mass is 9.96. The normalized spacial score (nSPS) is 16.2. The summed E-state index contributed by atoms with van der Waals surface area (Å²) >= 11 is 0. The van der Waals surface area contributed by atoms with Gasteiger partial charge in [0.15, 0.2) is 0 Å². The van der Waals surface area contributed by atoms with Crippen LogP contribution in [-0.4, -0.2) is 21.2 Å². The summed E-state index contributed by atoms with van der Waals surface area (Å²) in [4.78, 5) is 12.2. The Morgan fingerprint density at radius 2 is 1.91 bits per heavy atom. The molecule has 1 amide bonds. The number of hydrogen-bond acceptors (Lipinski definition) is 3. The molecule has 1 aliphatic heterocycles. The molecule has 1 aromatic heterocycles. The number of benzene rings is 2. The maximum atomic E-state index is 12.2. The topological polar surface area (TPSA) is 78.0 Å². The van der Waals surface area contributed by atoms with E-state index in [-0.39, 0.29) is 17.7 Å². The molecular weight excluding hydrogens is 290 g/mol. The highest BCUT2D eigenvalue weighted by atomic mass is 16.3. The van der Waals surface area contributed by atoms with Crippen molar-refractivity contribution in [3.05, 3.63) is 70.9 Å². The van der Waals surface area contributed by atoms with Gasteiger partial charge >= 0.3 is 0 Å². The van der Waals surface area contributed by atoms with E-state index in [1.54, 1.807) is 18.2 Å². The molecule has 0 saturated heterocycles. The van der Waals surface area contributed by atoms with E-state index in [0.29, 0.717) is 5.69 Å². The van der Waals surface area contributed by atoms with Gasteiger partial charge in [0.05, 0.1) is 11.7 Å². The van der Waals surface area contributed by atoms with E-state index in [9.17, 15) is 9.90 Å². The second-order valence-electron chi connectivity index (χ2n) is 5.73. The summed E-state index contributed by atoms with van der Waals surface area (Å²) in [7, 11) is 0. The number of phenolic OH excluding ortho intramolecular Hbond substituents is 1. The molecule has 2 aromatic carbocycles. The Balaban J connectivity index is 1.86. The lowest BCUT2D eigenvalue weighted by Crippen LogP contribution is -2.21. The number of carbonyl (C=O) groups excluding carboxylic acids is 1. The van der Waals surface area contributed by atoms with E-state index >= 15 is 0 Å². The van der Waals surface area contributed by atoms with Crippen LogP contribution >= 0.6 is 0 Å². The first-order valence-corrected chi connectivity index (χ1v) is 7.38. The zero-order valence-electron chi connectivity index (χ0n) is 12.5. The van der Waals surface area contributed by atoms with Crippen molar-refractivity contribution in [1.29, 1.82) is 0 Å².